The fourth-order valence-electron chi connectivity index (χ4n) is 0.589. The standard InChI is InChI=1S/C7H10O3S.K.H/c1-3-5-6(8)7(4-2)11(9)10;;/h3-4,6,8H,1-2,5H2;;. The third-order valence-corrected chi connectivity index (χ3v) is 1.94. The van der Waals surface area contributed by atoms with Crippen molar-refractivity contribution in [2.45, 2.75) is 12.5 Å². The molecule has 0 fully saturated rings. The summed E-state index contributed by atoms with van der Waals surface area (Å²) in [6, 6.07) is 0. The normalized spacial score (nSPS) is 10.8. The Morgan fingerprint density at radius 1 is 1.50 bits per heavy atom. The molecule has 0 heterocycles. The molecule has 0 saturated heterocycles. The summed E-state index contributed by atoms with van der Waals surface area (Å²) in [7, 11) is -2.38. The van der Waals surface area contributed by atoms with Gasteiger partial charge in [0.15, 0.2) is 0 Å². The van der Waals surface area contributed by atoms with Gasteiger partial charge in [-0.1, -0.05) is 12.7 Å². The van der Waals surface area contributed by atoms with E-state index >= 15 is 0 Å². The first kappa shape index (κ1) is 15.2. The maximum atomic E-state index is 10.3. The van der Waals surface area contributed by atoms with Crippen LogP contribution in [0.4, 0.5) is 0 Å². The molecule has 64 valence electrons. The maximum absolute atomic E-state index is 10.3. The first-order valence-corrected chi connectivity index (χ1v) is 4.08. The Morgan fingerprint density at radius 3 is 2.25 bits per heavy atom. The van der Waals surface area contributed by atoms with Crippen LogP contribution in [-0.2, 0) is 10.3 Å². The molecule has 0 aromatic carbocycles. The number of aliphatic hydroxyl groups is 1. The van der Waals surface area contributed by atoms with Gasteiger partial charge in [0.05, 0.1) is 6.10 Å². The summed E-state index contributed by atoms with van der Waals surface area (Å²) in [5, 5.41) is 9.11. The van der Waals surface area contributed by atoms with Crippen molar-refractivity contribution in [3.8, 4) is 0 Å². The Kier molecular flexibility index (Phi) is 10.6. The molecular formula is C7H11KO3S. The average Bonchev–Trinajstić information content (AvgIpc) is 1.88. The summed E-state index contributed by atoms with van der Waals surface area (Å²) < 4.78 is 20.7. The number of hydrogen-bond acceptors (Lipinski definition) is 3. The second-order valence-corrected chi connectivity index (χ2v) is 2.82. The van der Waals surface area contributed by atoms with Gasteiger partial charge in [0.1, 0.15) is 4.86 Å². The van der Waals surface area contributed by atoms with Gasteiger partial charge < -0.3 is 5.11 Å². The molecule has 0 aliphatic rings. The molecule has 3 nitrogen and oxygen atoms in total. The van der Waals surface area contributed by atoms with Gasteiger partial charge in [0.2, 0.25) is 10.3 Å². The molecule has 0 bridgehead atoms. The molecule has 0 amide bonds. The van der Waals surface area contributed by atoms with Crippen molar-refractivity contribution >= 4 is 66.5 Å². The van der Waals surface area contributed by atoms with E-state index in [1.54, 1.807) is 0 Å². The molecule has 0 aromatic heterocycles. The van der Waals surface area contributed by atoms with Crippen LogP contribution in [-0.4, -0.2) is 75.9 Å². The summed E-state index contributed by atoms with van der Waals surface area (Å²) in [5.41, 5.74) is 0. The van der Waals surface area contributed by atoms with Gasteiger partial charge in [-0.15, -0.1) is 6.58 Å². The van der Waals surface area contributed by atoms with Crippen molar-refractivity contribution in [2.75, 3.05) is 0 Å². The summed E-state index contributed by atoms with van der Waals surface area (Å²) in [4.78, 5) is -0.0927. The Bertz CT molecular complexity index is 271. The molecule has 0 aromatic rings. The second kappa shape index (κ2) is 8.37. The van der Waals surface area contributed by atoms with E-state index in [2.05, 4.69) is 13.2 Å². The first-order valence-electron chi connectivity index (χ1n) is 3.01. The molecular weight excluding hydrogens is 203 g/mol. The summed E-state index contributed by atoms with van der Waals surface area (Å²) in [6.07, 6.45) is 1.77. The van der Waals surface area contributed by atoms with Gasteiger partial charge >= 0.3 is 51.4 Å². The van der Waals surface area contributed by atoms with E-state index in [-0.39, 0.29) is 62.7 Å². The molecule has 0 spiro atoms. The van der Waals surface area contributed by atoms with Crippen LogP contribution in [0.2, 0.25) is 0 Å². The van der Waals surface area contributed by atoms with Crippen molar-refractivity contribution < 1.29 is 13.5 Å². The minimum absolute atomic E-state index is 0. The average molecular weight is 214 g/mol. The molecule has 1 N–H and O–H groups in total. The van der Waals surface area contributed by atoms with Crippen LogP contribution >= 0.6 is 0 Å². The van der Waals surface area contributed by atoms with Crippen molar-refractivity contribution in [1.29, 1.82) is 0 Å². The Hall–Kier alpha value is 0.766. The molecule has 5 heteroatoms. The molecule has 0 aliphatic carbocycles. The predicted octanol–water partition coefficient (Wildman–Crippen LogP) is -0.488. The van der Waals surface area contributed by atoms with E-state index in [0.29, 0.717) is 0 Å². The van der Waals surface area contributed by atoms with Crippen molar-refractivity contribution in [3.05, 3.63) is 25.3 Å². The van der Waals surface area contributed by atoms with Gasteiger partial charge in [0.25, 0.3) is 0 Å². The molecule has 0 rings (SSSR count). The molecule has 0 saturated carbocycles. The van der Waals surface area contributed by atoms with E-state index in [0.717, 1.165) is 6.08 Å². The predicted molar refractivity (Wildman–Crippen MR) is 52.1 cm³/mol. The van der Waals surface area contributed by atoms with E-state index < -0.39 is 16.4 Å². The summed E-state index contributed by atoms with van der Waals surface area (Å²) in [5.74, 6) is 0. The topological polar surface area (TPSA) is 54.4 Å². The Balaban J connectivity index is 0. The molecule has 1 unspecified atom stereocenters. The summed E-state index contributed by atoms with van der Waals surface area (Å²) >= 11 is 0. The van der Waals surface area contributed by atoms with Gasteiger partial charge in [0, 0.05) is 0 Å². The van der Waals surface area contributed by atoms with Gasteiger partial charge in [-0.05, 0) is 12.5 Å². The molecule has 12 heavy (non-hydrogen) atoms. The van der Waals surface area contributed by atoms with Crippen LogP contribution in [0, 0.1) is 0 Å². The Labute approximate surface area is 116 Å². The van der Waals surface area contributed by atoms with Crippen LogP contribution < -0.4 is 0 Å². The Morgan fingerprint density at radius 2 is 2.00 bits per heavy atom. The van der Waals surface area contributed by atoms with E-state index in [1.165, 1.54) is 6.08 Å². The zero-order chi connectivity index (χ0) is 8.85. The molecule has 0 radical (unpaired) electrons. The summed E-state index contributed by atoms with van der Waals surface area (Å²) in [6.45, 7) is 6.63. The third kappa shape index (κ3) is 5.42. The SMILES string of the molecule is C=CCC(O)C(C=C)=S(=O)=O.[KH]. The fraction of sp³-hybridized carbons (Fsp3) is 0.286. The van der Waals surface area contributed by atoms with Crippen LogP contribution in [0.5, 0.6) is 0 Å². The van der Waals surface area contributed by atoms with Crippen molar-refractivity contribution in [3.63, 3.8) is 0 Å². The monoisotopic (exact) mass is 214 g/mol. The minimum atomic E-state index is -2.38. The van der Waals surface area contributed by atoms with E-state index in [1.807, 2.05) is 0 Å². The van der Waals surface area contributed by atoms with Crippen molar-refractivity contribution in [2.24, 2.45) is 0 Å². The molecule has 0 aliphatic heterocycles. The van der Waals surface area contributed by atoms with Crippen molar-refractivity contribution in [1.82, 2.24) is 0 Å². The number of aliphatic hydroxyl groups excluding tert-OH is 1. The number of hydrogen-bond donors (Lipinski definition) is 1. The zero-order valence-electron chi connectivity index (χ0n) is 6.03. The number of rotatable bonds is 4. The third-order valence-electron chi connectivity index (χ3n) is 1.11. The zero-order valence-corrected chi connectivity index (χ0v) is 6.84. The van der Waals surface area contributed by atoms with Gasteiger partial charge in [-0.25, -0.2) is 0 Å². The van der Waals surface area contributed by atoms with E-state index in [9.17, 15) is 8.42 Å². The fourth-order valence-corrected chi connectivity index (χ4v) is 1.04. The van der Waals surface area contributed by atoms with E-state index in [4.69, 9.17) is 5.11 Å². The first-order chi connectivity index (χ1) is 5.13. The van der Waals surface area contributed by atoms with Crippen LogP contribution in [0.3, 0.4) is 0 Å². The molecule has 1 atom stereocenters. The van der Waals surface area contributed by atoms with Crippen LogP contribution in [0.25, 0.3) is 0 Å². The van der Waals surface area contributed by atoms with Crippen LogP contribution in [0.1, 0.15) is 6.42 Å². The van der Waals surface area contributed by atoms with Gasteiger partial charge in [-0.2, -0.15) is 8.42 Å². The van der Waals surface area contributed by atoms with Gasteiger partial charge in [-0.3, -0.25) is 0 Å². The van der Waals surface area contributed by atoms with Crippen LogP contribution in [0.15, 0.2) is 25.3 Å². The second-order valence-electron chi connectivity index (χ2n) is 1.88. The quantitative estimate of drug-likeness (QED) is 0.297.